The largest absolute Gasteiger partial charge is 0.384 e. The molecule has 4 heteroatoms. The number of ether oxygens (including phenoxy) is 1. The Hall–Kier alpha value is -0.420. The molecule has 102 valence electrons. The molecule has 0 spiro atoms. The Morgan fingerprint density at radius 2 is 2.33 bits per heavy atom. The second kappa shape index (κ2) is 6.66. The molecule has 0 unspecified atom stereocenters. The summed E-state index contributed by atoms with van der Waals surface area (Å²) in [6.07, 6.45) is 1.28. The summed E-state index contributed by atoms with van der Waals surface area (Å²) in [6.45, 7) is 5.47. The molecule has 2 heterocycles. The van der Waals surface area contributed by atoms with Crippen LogP contribution < -0.4 is 0 Å². The van der Waals surface area contributed by atoms with Gasteiger partial charge in [0.15, 0.2) is 0 Å². The molecule has 0 aliphatic carbocycles. The summed E-state index contributed by atoms with van der Waals surface area (Å²) < 4.78 is 5.24. The van der Waals surface area contributed by atoms with Crippen LogP contribution in [0.2, 0.25) is 0 Å². The van der Waals surface area contributed by atoms with Crippen LogP contribution in [0, 0.1) is 5.92 Å². The van der Waals surface area contributed by atoms with Crippen LogP contribution in [-0.2, 0) is 17.8 Å². The van der Waals surface area contributed by atoms with Crippen LogP contribution in [0.4, 0.5) is 0 Å². The highest BCUT2D eigenvalue weighted by atomic mass is 32.1. The van der Waals surface area contributed by atoms with Crippen molar-refractivity contribution in [1.29, 1.82) is 0 Å². The molecule has 3 nitrogen and oxygen atoms in total. The molecule has 0 radical (unpaired) electrons. The van der Waals surface area contributed by atoms with Gasteiger partial charge in [0.1, 0.15) is 0 Å². The van der Waals surface area contributed by atoms with E-state index in [4.69, 9.17) is 4.74 Å². The quantitative estimate of drug-likeness (QED) is 0.787. The van der Waals surface area contributed by atoms with Crippen LogP contribution in [0.3, 0.4) is 0 Å². The van der Waals surface area contributed by atoms with Crippen LogP contribution in [0.5, 0.6) is 0 Å². The average Bonchev–Trinajstić information content (AvgIpc) is 2.89. The highest BCUT2D eigenvalue weighted by Gasteiger charge is 2.22. The lowest BCUT2D eigenvalue weighted by Gasteiger charge is -2.14. The molecule has 0 bridgehead atoms. The van der Waals surface area contributed by atoms with Gasteiger partial charge in [0.25, 0.3) is 0 Å². The molecule has 0 aromatic carbocycles. The maximum atomic E-state index is 5.24. The molecule has 1 fully saturated rings. The van der Waals surface area contributed by atoms with Crippen molar-refractivity contribution in [2.45, 2.75) is 19.5 Å². The predicted octanol–water partition coefficient (Wildman–Crippen LogP) is 2.28. The predicted molar refractivity (Wildman–Crippen MR) is 77.0 cm³/mol. The van der Waals surface area contributed by atoms with Crippen molar-refractivity contribution in [1.82, 2.24) is 9.80 Å². The first-order valence-corrected chi connectivity index (χ1v) is 7.47. The fraction of sp³-hybridized carbons (Fsp3) is 0.714. The van der Waals surface area contributed by atoms with Crippen molar-refractivity contribution >= 4 is 11.3 Å². The SMILES string of the molecule is COC[C@H]1CCN(Cc2cc(CN(C)C)cs2)C1. The van der Waals surface area contributed by atoms with Gasteiger partial charge in [-0.2, -0.15) is 0 Å². The average molecular weight is 268 g/mol. The zero-order valence-corrected chi connectivity index (χ0v) is 12.5. The minimum absolute atomic E-state index is 0.733. The number of hydrogen-bond acceptors (Lipinski definition) is 4. The van der Waals surface area contributed by atoms with E-state index < -0.39 is 0 Å². The van der Waals surface area contributed by atoms with E-state index in [0.29, 0.717) is 0 Å². The number of likely N-dealkylation sites (tertiary alicyclic amines) is 1. The maximum Gasteiger partial charge on any atom is 0.0503 e. The van der Waals surface area contributed by atoms with E-state index in [0.717, 1.165) is 25.6 Å². The van der Waals surface area contributed by atoms with E-state index in [1.807, 2.05) is 11.3 Å². The summed E-state index contributed by atoms with van der Waals surface area (Å²) in [7, 11) is 6.04. The molecule has 0 amide bonds. The van der Waals surface area contributed by atoms with Crippen LogP contribution in [0.15, 0.2) is 11.4 Å². The van der Waals surface area contributed by atoms with E-state index in [2.05, 4.69) is 35.3 Å². The third kappa shape index (κ3) is 4.05. The van der Waals surface area contributed by atoms with E-state index in [1.165, 1.54) is 30.0 Å². The van der Waals surface area contributed by atoms with Crippen LogP contribution in [-0.4, -0.2) is 50.7 Å². The lowest BCUT2D eigenvalue weighted by Crippen LogP contribution is -2.20. The summed E-state index contributed by atoms with van der Waals surface area (Å²) in [4.78, 5) is 6.26. The molecule has 1 saturated heterocycles. The molecular formula is C14H24N2OS. The molecule has 1 aliphatic rings. The molecule has 0 N–H and O–H groups in total. The van der Waals surface area contributed by atoms with Gasteiger partial charge in [0, 0.05) is 31.6 Å². The monoisotopic (exact) mass is 268 g/mol. The summed E-state index contributed by atoms with van der Waals surface area (Å²) in [6, 6.07) is 2.36. The zero-order valence-electron chi connectivity index (χ0n) is 11.7. The van der Waals surface area contributed by atoms with Gasteiger partial charge in [-0.15, -0.1) is 11.3 Å². The van der Waals surface area contributed by atoms with Crippen LogP contribution in [0.1, 0.15) is 16.9 Å². The normalized spacial score (nSPS) is 21.0. The van der Waals surface area contributed by atoms with Crippen LogP contribution >= 0.6 is 11.3 Å². The first-order chi connectivity index (χ1) is 8.67. The molecule has 1 aromatic heterocycles. The highest BCUT2D eigenvalue weighted by Crippen LogP contribution is 2.22. The van der Waals surface area contributed by atoms with E-state index >= 15 is 0 Å². The Bertz CT molecular complexity index is 364. The number of thiophene rings is 1. The molecule has 1 aliphatic heterocycles. The fourth-order valence-corrected chi connectivity index (χ4v) is 3.53. The number of hydrogen-bond donors (Lipinski definition) is 0. The van der Waals surface area contributed by atoms with E-state index in [1.54, 1.807) is 7.11 Å². The molecular weight excluding hydrogens is 244 g/mol. The molecule has 0 saturated carbocycles. The Morgan fingerprint density at radius 1 is 1.50 bits per heavy atom. The third-order valence-corrected chi connectivity index (χ3v) is 4.33. The summed E-state index contributed by atoms with van der Waals surface area (Å²) in [5.41, 5.74) is 1.44. The Morgan fingerprint density at radius 3 is 3.06 bits per heavy atom. The Balaban J connectivity index is 1.81. The van der Waals surface area contributed by atoms with Gasteiger partial charge in [-0.1, -0.05) is 0 Å². The number of nitrogens with zero attached hydrogens (tertiary/aromatic N) is 2. The molecule has 2 rings (SSSR count). The Kier molecular flexibility index (Phi) is 5.18. The van der Waals surface area contributed by atoms with Crippen LogP contribution in [0.25, 0.3) is 0 Å². The van der Waals surface area contributed by atoms with Crippen molar-refractivity contribution in [3.05, 3.63) is 21.9 Å². The lowest BCUT2D eigenvalue weighted by atomic mass is 10.1. The minimum Gasteiger partial charge on any atom is -0.384 e. The Labute approximate surface area is 114 Å². The lowest BCUT2D eigenvalue weighted by molar-refractivity contribution is 0.153. The van der Waals surface area contributed by atoms with E-state index in [-0.39, 0.29) is 0 Å². The summed E-state index contributed by atoms with van der Waals surface area (Å²) in [5, 5.41) is 2.29. The zero-order chi connectivity index (χ0) is 13.0. The topological polar surface area (TPSA) is 15.7 Å². The van der Waals surface area contributed by atoms with Gasteiger partial charge in [0.2, 0.25) is 0 Å². The summed E-state index contributed by atoms with van der Waals surface area (Å²) in [5.74, 6) is 0.733. The van der Waals surface area contributed by atoms with Crippen molar-refractivity contribution in [3.8, 4) is 0 Å². The third-order valence-electron chi connectivity index (χ3n) is 3.36. The standard InChI is InChI=1S/C14H24N2OS/c1-15(2)7-13-6-14(18-11-13)9-16-5-4-12(8-16)10-17-3/h6,11-12H,4-5,7-10H2,1-3H3/t12-/m0/s1. The van der Waals surface area contributed by atoms with Gasteiger partial charge in [-0.25, -0.2) is 0 Å². The second-order valence-electron chi connectivity index (χ2n) is 5.50. The minimum atomic E-state index is 0.733. The smallest absolute Gasteiger partial charge is 0.0503 e. The second-order valence-corrected chi connectivity index (χ2v) is 6.50. The summed E-state index contributed by atoms with van der Waals surface area (Å²) >= 11 is 1.89. The molecule has 1 atom stereocenters. The maximum absolute atomic E-state index is 5.24. The van der Waals surface area contributed by atoms with Crippen molar-refractivity contribution in [2.75, 3.05) is 40.9 Å². The van der Waals surface area contributed by atoms with Gasteiger partial charge in [0.05, 0.1) is 6.61 Å². The molecule has 1 aromatic rings. The van der Waals surface area contributed by atoms with Gasteiger partial charge < -0.3 is 9.64 Å². The number of methoxy groups -OCH3 is 1. The van der Waals surface area contributed by atoms with Crippen molar-refractivity contribution in [3.63, 3.8) is 0 Å². The first kappa shape index (κ1) is 14.0. The van der Waals surface area contributed by atoms with Crippen molar-refractivity contribution < 1.29 is 4.74 Å². The van der Waals surface area contributed by atoms with E-state index in [9.17, 15) is 0 Å². The molecule has 18 heavy (non-hydrogen) atoms. The van der Waals surface area contributed by atoms with Gasteiger partial charge in [-0.05, 0) is 50.0 Å². The van der Waals surface area contributed by atoms with Crippen molar-refractivity contribution in [2.24, 2.45) is 5.92 Å². The fourth-order valence-electron chi connectivity index (χ4n) is 2.61. The first-order valence-electron chi connectivity index (χ1n) is 6.59. The highest BCUT2D eigenvalue weighted by molar-refractivity contribution is 7.10. The van der Waals surface area contributed by atoms with Gasteiger partial charge in [-0.3, -0.25) is 4.90 Å². The number of rotatable bonds is 6. The van der Waals surface area contributed by atoms with Gasteiger partial charge >= 0.3 is 0 Å².